The Bertz CT molecular complexity index is 627. The number of hydrogen-bond acceptors (Lipinski definition) is 3. The first-order chi connectivity index (χ1) is 8.30. The lowest BCUT2D eigenvalue weighted by atomic mass is 9.86. The molecule has 0 aliphatic heterocycles. The molecule has 1 aromatic carbocycles. The van der Waals surface area contributed by atoms with Crippen molar-refractivity contribution in [2.75, 3.05) is 0 Å². The molecule has 1 aromatic heterocycles. The van der Waals surface area contributed by atoms with E-state index in [1.807, 2.05) is 12.1 Å². The maximum atomic E-state index is 10.9. The Morgan fingerprint density at radius 1 is 1.28 bits per heavy atom. The van der Waals surface area contributed by atoms with Crippen molar-refractivity contribution in [1.29, 1.82) is 0 Å². The molecule has 0 spiro atoms. The molecule has 0 aliphatic carbocycles. The lowest BCUT2D eigenvalue weighted by Gasteiger charge is -2.19. The SMILES string of the molecule is CC(C)(C)c1ccc2c(O)c(C(=O)O)cnc2c1. The number of aromatic hydroxyl groups is 1. The van der Waals surface area contributed by atoms with Crippen LogP contribution in [0.3, 0.4) is 0 Å². The summed E-state index contributed by atoms with van der Waals surface area (Å²) in [5.41, 5.74) is 1.50. The largest absolute Gasteiger partial charge is 0.506 e. The Morgan fingerprint density at radius 3 is 2.50 bits per heavy atom. The highest BCUT2D eigenvalue weighted by Crippen LogP contribution is 2.31. The van der Waals surface area contributed by atoms with E-state index in [1.54, 1.807) is 6.07 Å². The third-order valence-corrected chi connectivity index (χ3v) is 2.94. The Morgan fingerprint density at radius 2 is 1.94 bits per heavy atom. The van der Waals surface area contributed by atoms with E-state index < -0.39 is 5.97 Å². The van der Waals surface area contributed by atoms with Crippen LogP contribution in [0.4, 0.5) is 0 Å². The van der Waals surface area contributed by atoms with Gasteiger partial charge in [0.05, 0.1) is 5.52 Å². The second kappa shape index (κ2) is 3.98. The van der Waals surface area contributed by atoms with Gasteiger partial charge in [0, 0.05) is 11.6 Å². The third-order valence-electron chi connectivity index (χ3n) is 2.94. The molecule has 0 saturated heterocycles. The van der Waals surface area contributed by atoms with Gasteiger partial charge in [-0.05, 0) is 23.1 Å². The number of aromatic nitrogens is 1. The molecule has 4 nitrogen and oxygen atoms in total. The average Bonchev–Trinajstić information content (AvgIpc) is 2.27. The normalized spacial score (nSPS) is 11.7. The third kappa shape index (κ3) is 2.01. The van der Waals surface area contributed by atoms with Gasteiger partial charge in [-0.1, -0.05) is 26.8 Å². The number of hydrogen-bond donors (Lipinski definition) is 2. The predicted molar refractivity (Wildman–Crippen MR) is 69.1 cm³/mol. The Hall–Kier alpha value is -2.10. The lowest BCUT2D eigenvalue weighted by Crippen LogP contribution is -2.10. The fraction of sp³-hybridized carbons (Fsp3) is 0.286. The summed E-state index contributed by atoms with van der Waals surface area (Å²) < 4.78 is 0. The van der Waals surface area contributed by atoms with Crippen molar-refractivity contribution in [2.24, 2.45) is 0 Å². The van der Waals surface area contributed by atoms with Gasteiger partial charge in [0.15, 0.2) is 0 Å². The first-order valence-corrected chi connectivity index (χ1v) is 5.66. The fourth-order valence-corrected chi connectivity index (χ4v) is 1.80. The highest BCUT2D eigenvalue weighted by atomic mass is 16.4. The van der Waals surface area contributed by atoms with Gasteiger partial charge in [-0.15, -0.1) is 0 Å². The maximum absolute atomic E-state index is 10.9. The minimum Gasteiger partial charge on any atom is -0.506 e. The molecule has 0 bridgehead atoms. The summed E-state index contributed by atoms with van der Waals surface area (Å²) in [6.45, 7) is 6.25. The van der Waals surface area contributed by atoms with Crippen molar-refractivity contribution >= 4 is 16.9 Å². The molecule has 94 valence electrons. The summed E-state index contributed by atoms with van der Waals surface area (Å²) in [5.74, 6) is -1.41. The van der Waals surface area contributed by atoms with Crippen molar-refractivity contribution in [1.82, 2.24) is 4.98 Å². The number of carboxylic acid groups (broad SMARTS) is 1. The fourth-order valence-electron chi connectivity index (χ4n) is 1.80. The standard InChI is InChI=1S/C14H15NO3/c1-14(2,3)8-4-5-9-11(6-8)15-7-10(12(9)16)13(17)18/h4-7H,1-3H3,(H,15,16)(H,17,18). The van der Waals surface area contributed by atoms with Crippen LogP contribution in [0, 0.1) is 0 Å². The minimum absolute atomic E-state index is 0.0169. The van der Waals surface area contributed by atoms with Crippen molar-refractivity contribution in [3.63, 3.8) is 0 Å². The predicted octanol–water partition coefficient (Wildman–Crippen LogP) is 2.94. The van der Waals surface area contributed by atoms with Gasteiger partial charge in [0.1, 0.15) is 11.3 Å². The Balaban J connectivity index is 2.69. The van der Waals surface area contributed by atoms with Crippen LogP contribution in [0.5, 0.6) is 5.75 Å². The van der Waals surface area contributed by atoms with Crippen LogP contribution >= 0.6 is 0 Å². The zero-order valence-corrected chi connectivity index (χ0v) is 10.6. The van der Waals surface area contributed by atoms with E-state index in [0.717, 1.165) is 5.56 Å². The summed E-state index contributed by atoms with van der Waals surface area (Å²) in [7, 11) is 0. The molecule has 0 unspecified atom stereocenters. The molecular formula is C14H15NO3. The van der Waals surface area contributed by atoms with Crippen LogP contribution in [0.2, 0.25) is 0 Å². The highest BCUT2D eigenvalue weighted by molar-refractivity contribution is 5.98. The molecule has 0 aliphatic rings. The van der Waals surface area contributed by atoms with Crippen molar-refractivity contribution in [2.45, 2.75) is 26.2 Å². The van der Waals surface area contributed by atoms with Crippen LogP contribution in [0.25, 0.3) is 10.9 Å². The summed E-state index contributed by atoms with van der Waals surface area (Å²) in [6, 6.07) is 5.47. The van der Waals surface area contributed by atoms with E-state index in [1.165, 1.54) is 6.20 Å². The smallest absolute Gasteiger partial charge is 0.341 e. The average molecular weight is 245 g/mol. The zero-order chi connectivity index (χ0) is 13.5. The molecule has 0 fully saturated rings. The van der Waals surface area contributed by atoms with Crippen molar-refractivity contribution < 1.29 is 15.0 Å². The number of aromatic carboxylic acids is 1. The van der Waals surface area contributed by atoms with Gasteiger partial charge < -0.3 is 10.2 Å². The van der Waals surface area contributed by atoms with Gasteiger partial charge in [-0.3, -0.25) is 4.98 Å². The second-order valence-electron chi connectivity index (χ2n) is 5.31. The van der Waals surface area contributed by atoms with Gasteiger partial charge in [-0.25, -0.2) is 4.79 Å². The van der Waals surface area contributed by atoms with Crippen molar-refractivity contribution in [3.8, 4) is 5.75 Å². The van der Waals surface area contributed by atoms with Crippen LogP contribution < -0.4 is 0 Å². The summed E-state index contributed by atoms with van der Waals surface area (Å²) in [4.78, 5) is 15.0. The van der Waals surface area contributed by atoms with Crippen LogP contribution in [0.1, 0.15) is 36.7 Å². The molecular weight excluding hydrogens is 230 g/mol. The molecule has 18 heavy (non-hydrogen) atoms. The summed E-state index contributed by atoms with van der Waals surface area (Å²) in [6.07, 6.45) is 1.19. The van der Waals surface area contributed by atoms with E-state index in [9.17, 15) is 9.90 Å². The molecule has 2 rings (SSSR count). The molecule has 4 heteroatoms. The number of carbonyl (C=O) groups is 1. The van der Waals surface area contributed by atoms with Gasteiger partial charge in [-0.2, -0.15) is 0 Å². The lowest BCUT2D eigenvalue weighted by molar-refractivity contribution is 0.0693. The van der Waals surface area contributed by atoms with E-state index in [4.69, 9.17) is 5.11 Å². The van der Waals surface area contributed by atoms with Crippen LogP contribution in [-0.2, 0) is 5.41 Å². The van der Waals surface area contributed by atoms with E-state index in [-0.39, 0.29) is 16.7 Å². The Labute approximate surface area is 105 Å². The number of pyridine rings is 1. The number of carboxylic acids is 1. The minimum atomic E-state index is -1.18. The van der Waals surface area contributed by atoms with Gasteiger partial charge in [0.2, 0.25) is 0 Å². The zero-order valence-electron chi connectivity index (χ0n) is 10.6. The number of fused-ring (bicyclic) bond motifs is 1. The molecule has 0 atom stereocenters. The Kier molecular flexibility index (Phi) is 2.73. The molecule has 0 radical (unpaired) electrons. The molecule has 0 saturated carbocycles. The van der Waals surface area contributed by atoms with E-state index in [2.05, 4.69) is 25.8 Å². The quantitative estimate of drug-likeness (QED) is 0.810. The summed E-state index contributed by atoms with van der Waals surface area (Å²) >= 11 is 0. The first-order valence-electron chi connectivity index (χ1n) is 5.66. The monoisotopic (exact) mass is 245 g/mol. The van der Waals surface area contributed by atoms with E-state index in [0.29, 0.717) is 10.9 Å². The molecule has 2 aromatic rings. The maximum Gasteiger partial charge on any atom is 0.341 e. The summed E-state index contributed by atoms with van der Waals surface area (Å²) in [5, 5.41) is 19.3. The van der Waals surface area contributed by atoms with Crippen LogP contribution in [-0.4, -0.2) is 21.2 Å². The van der Waals surface area contributed by atoms with Crippen LogP contribution in [0.15, 0.2) is 24.4 Å². The number of benzene rings is 1. The highest BCUT2D eigenvalue weighted by Gasteiger charge is 2.17. The van der Waals surface area contributed by atoms with Crippen molar-refractivity contribution in [3.05, 3.63) is 35.5 Å². The first kappa shape index (κ1) is 12.4. The number of nitrogens with zero attached hydrogens (tertiary/aromatic N) is 1. The number of rotatable bonds is 1. The van der Waals surface area contributed by atoms with Gasteiger partial charge in [0.25, 0.3) is 0 Å². The van der Waals surface area contributed by atoms with Gasteiger partial charge >= 0.3 is 5.97 Å². The molecule has 2 N–H and O–H groups in total. The van der Waals surface area contributed by atoms with E-state index >= 15 is 0 Å². The molecule has 1 heterocycles. The second-order valence-corrected chi connectivity index (χ2v) is 5.31. The topological polar surface area (TPSA) is 70.4 Å². The molecule has 0 amide bonds.